The van der Waals surface area contributed by atoms with Crippen molar-refractivity contribution in [1.29, 1.82) is 0 Å². The van der Waals surface area contributed by atoms with E-state index in [0.717, 1.165) is 23.4 Å². The van der Waals surface area contributed by atoms with Crippen LogP contribution < -0.4 is 10.6 Å². The highest BCUT2D eigenvalue weighted by Gasteiger charge is 2.26. The summed E-state index contributed by atoms with van der Waals surface area (Å²) in [7, 11) is 0. The first-order valence-corrected chi connectivity index (χ1v) is 10.6. The molecule has 0 radical (unpaired) electrons. The van der Waals surface area contributed by atoms with E-state index in [2.05, 4.69) is 79.3 Å². The molecule has 2 aromatic rings. The molecule has 0 aliphatic carbocycles. The van der Waals surface area contributed by atoms with Crippen LogP contribution in [0.3, 0.4) is 0 Å². The maximum Gasteiger partial charge on any atom is 0.224 e. The molecule has 0 unspecified atom stereocenters. The fourth-order valence-corrected chi connectivity index (χ4v) is 3.30. The summed E-state index contributed by atoms with van der Waals surface area (Å²) in [6.07, 6.45) is 5.47. The minimum atomic E-state index is -0.148. The fraction of sp³-hybridized carbons (Fsp3) is 0.565. The first-order valence-electron chi connectivity index (χ1n) is 10.6. The van der Waals surface area contributed by atoms with Crippen LogP contribution in [0.2, 0.25) is 0 Å². The summed E-state index contributed by atoms with van der Waals surface area (Å²) >= 11 is 0. The molecular formula is C23H36N6O2. The molecule has 1 aromatic carbocycles. The molecule has 8 heteroatoms. The topological polar surface area (TPSA) is 103 Å². The molecule has 1 saturated heterocycles. The number of amides is 1. The number of hydrogen-bond donors (Lipinski definition) is 3. The lowest BCUT2D eigenvalue weighted by molar-refractivity contribution is -0.132. The Morgan fingerprint density at radius 1 is 0.935 bits per heavy atom. The molecule has 1 aliphatic heterocycles. The van der Waals surface area contributed by atoms with E-state index in [1.165, 1.54) is 19.0 Å². The van der Waals surface area contributed by atoms with Crippen LogP contribution in [-0.4, -0.2) is 50.9 Å². The van der Waals surface area contributed by atoms with Gasteiger partial charge in [0, 0.05) is 13.1 Å². The Balaban J connectivity index is 0.000000488. The van der Waals surface area contributed by atoms with Gasteiger partial charge in [-0.05, 0) is 33.9 Å². The zero-order valence-electron chi connectivity index (χ0n) is 19.6. The van der Waals surface area contributed by atoms with Gasteiger partial charge in [-0.2, -0.15) is 0 Å². The maximum atomic E-state index is 12.4. The lowest BCUT2D eigenvalue weighted by Crippen LogP contribution is -2.52. The molecule has 31 heavy (non-hydrogen) atoms. The van der Waals surface area contributed by atoms with Crippen LogP contribution in [0, 0.1) is 0 Å². The third kappa shape index (κ3) is 7.56. The van der Waals surface area contributed by atoms with E-state index >= 15 is 0 Å². The molecule has 0 spiro atoms. The molecule has 3 rings (SSSR count). The normalized spacial score (nSPS) is 14.6. The van der Waals surface area contributed by atoms with Gasteiger partial charge in [0.1, 0.15) is 24.7 Å². The standard InChI is InChI=1S/C20H33N3O2.C3H3N3/c1-19(2,3)15-9-14(10-16(18(15)25)20(4,5)6)7-8-17(24)23-12-21-11-22-13-23;1-4-2-6-3-5-1/h9-10,21-22,25H,7-8,11-13H2,1-6H3;1-3H. The number of hydrogen-bond acceptors (Lipinski definition) is 7. The number of nitrogens with zero attached hydrogens (tertiary/aromatic N) is 4. The Bertz CT molecular complexity index is 776. The summed E-state index contributed by atoms with van der Waals surface area (Å²) in [5.41, 5.74) is 2.71. The largest absolute Gasteiger partial charge is 0.507 e. The second-order valence-corrected chi connectivity index (χ2v) is 9.76. The number of nitrogens with one attached hydrogen (secondary N) is 2. The van der Waals surface area contributed by atoms with E-state index in [9.17, 15) is 9.90 Å². The number of benzene rings is 1. The molecular weight excluding hydrogens is 392 g/mol. The number of aromatic hydroxyl groups is 1. The highest BCUT2D eigenvalue weighted by Crippen LogP contribution is 2.40. The summed E-state index contributed by atoms with van der Waals surface area (Å²) in [5.74, 6) is 0.530. The van der Waals surface area contributed by atoms with E-state index in [4.69, 9.17) is 0 Å². The molecule has 0 saturated carbocycles. The molecule has 1 amide bonds. The highest BCUT2D eigenvalue weighted by atomic mass is 16.3. The van der Waals surface area contributed by atoms with Crippen LogP contribution in [0.4, 0.5) is 0 Å². The summed E-state index contributed by atoms with van der Waals surface area (Å²) in [6.45, 7) is 14.6. The Labute approximate surface area is 185 Å². The van der Waals surface area contributed by atoms with Gasteiger partial charge in [-0.1, -0.05) is 53.7 Å². The molecule has 2 heterocycles. The van der Waals surface area contributed by atoms with E-state index in [0.29, 0.717) is 31.9 Å². The predicted molar refractivity (Wildman–Crippen MR) is 121 cm³/mol. The number of carbonyl (C=O) groups excluding carboxylic acids is 1. The summed E-state index contributed by atoms with van der Waals surface area (Å²) in [6, 6.07) is 4.12. The van der Waals surface area contributed by atoms with Gasteiger partial charge >= 0.3 is 0 Å². The Morgan fingerprint density at radius 3 is 1.77 bits per heavy atom. The van der Waals surface area contributed by atoms with Gasteiger partial charge in [0.25, 0.3) is 0 Å². The minimum absolute atomic E-state index is 0.141. The van der Waals surface area contributed by atoms with Crippen LogP contribution in [-0.2, 0) is 22.0 Å². The molecule has 0 bridgehead atoms. The van der Waals surface area contributed by atoms with Crippen molar-refractivity contribution in [2.75, 3.05) is 20.0 Å². The van der Waals surface area contributed by atoms with Gasteiger partial charge in [0.05, 0.1) is 13.3 Å². The van der Waals surface area contributed by atoms with E-state index < -0.39 is 0 Å². The van der Waals surface area contributed by atoms with Gasteiger partial charge < -0.3 is 10.0 Å². The molecule has 8 nitrogen and oxygen atoms in total. The number of aromatic nitrogens is 3. The van der Waals surface area contributed by atoms with Gasteiger partial charge in [-0.3, -0.25) is 15.4 Å². The molecule has 170 valence electrons. The number of aryl methyl sites for hydroxylation is 1. The molecule has 1 aromatic heterocycles. The van der Waals surface area contributed by atoms with Crippen LogP contribution >= 0.6 is 0 Å². The minimum Gasteiger partial charge on any atom is -0.507 e. The van der Waals surface area contributed by atoms with Crippen molar-refractivity contribution in [1.82, 2.24) is 30.5 Å². The number of phenolic OH excluding ortho intramolecular Hbond substituents is 1. The van der Waals surface area contributed by atoms with Crippen LogP contribution in [0.1, 0.15) is 64.7 Å². The lowest BCUT2D eigenvalue weighted by Gasteiger charge is -2.29. The quantitative estimate of drug-likeness (QED) is 0.690. The first-order chi connectivity index (χ1) is 14.5. The van der Waals surface area contributed by atoms with Crippen molar-refractivity contribution in [3.63, 3.8) is 0 Å². The fourth-order valence-electron chi connectivity index (χ4n) is 3.30. The predicted octanol–water partition coefficient (Wildman–Crippen LogP) is 2.69. The van der Waals surface area contributed by atoms with E-state index in [-0.39, 0.29) is 16.7 Å². The Kier molecular flexibility index (Phi) is 8.47. The van der Waals surface area contributed by atoms with Crippen molar-refractivity contribution in [3.8, 4) is 5.75 Å². The highest BCUT2D eigenvalue weighted by molar-refractivity contribution is 5.76. The van der Waals surface area contributed by atoms with Crippen molar-refractivity contribution in [2.24, 2.45) is 0 Å². The van der Waals surface area contributed by atoms with E-state index in [1.807, 2.05) is 0 Å². The van der Waals surface area contributed by atoms with Crippen LogP contribution in [0.15, 0.2) is 31.1 Å². The second-order valence-electron chi connectivity index (χ2n) is 9.76. The second kappa shape index (κ2) is 10.6. The van der Waals surface area contributed by atoms with Gasteiger partial charge in [0.2, 0.25) is 5.91 Å². The first kappa shape index (κ1) is 24.7. The van der Waals surface area contributed by atoms with Crippen LogP contribution in [0.25, 0.3) is 0 Å². The summed E-state index contributed by atoms with van der Waals surface area (Å²) in [5, 5.41) is 17.1. The monoisotopic (exact) mass is 428 g/mol. The zero-order valence-corrected chi connectivity index (χ0v) is 19.6. The molecule has 0 atom stereocenters. The van der Waals surface area contributed by atoms with E-state index in [1.54, 1.807) is 4.90 Å². The average molecular weight is 429 g/mol. The molecule has 1 aliphatic rings. The van der Waals surface area contributed by atoms with Crippen LogP contribution in [0.5, 0.6) is 5.75 Å². The third-order valence-corrected chi connectivity index (χ3v) is 5.02. The maximum absolute atomic E-state index is 12.4. The Morgan fingerprint density at radius 2 is 1.39 bits per heavy atom. The summed E-state index contributed by atoms with van der Waals surface area (Å²) < 4.78 is 0. The van der Waals surface area contributed by atoms with Gasteiger partial charge in [-0.15, -0.1) is 0 Å². The van der Waals surface area contributed by atoms with Crippen molar-refractivity contribution in [2.45, 2.75) is 65.2 Å². The third-order valence-electron chi connectivity index (χ3n) is 5.02. The number of phenols is 1. The smallest absolute Gasteiger partial charge is 0.224 e. The Hall–Kier alpha value is -2.58. The van der Waals surface area contributed by atoms with Crippen molar-refractivity contribution < 1.29 is 9.90 Å². The van der Waals surface area contributed by atoms with Crippen molar-refractivity contribution in [3.05, 3.63) is 47.8 Å². The van der Waals surface area contributed by atoms with Crippen molar-refractivity contribution >= 4 is 5.91 Å². The average Bonchev–Trinajstić information content (AvgIpc) is 2.73. The SMILES string of the molecule is CC(C)(C)c1cc(CCC(=O)N2CNCNC2)cc(C(C)(C)C)c1O.c1ncncn1. The van der Waals surface area contributed by atoms with Gasteiger partial charge in [0.15, 0.2) is 0 Å². The molecule has 1 fully saturated rings. The summed E-state index contributed by atoms with van der Waals surface area (Å²) in [4.78, 5) is 24.9. The van der Waals surface area contributed by atoms with Gasteiger partial charge in [-0.25, -0.2) is 15.0 Å². The lowest BCUT2D eigenvalue weighted by atomic mass is 9.78. The zero-order chi connectivity index (χ0) is 23.1. The molecule has 3 N–H and O–H groups in total. The number of rotatable bonds is 3. The number of carbonyl (C=O) groups is 1.